The molecule has 146 valence electrons. The van der Waals surface area contributed by atoms with Crippen molar-refractivity contribution in [3.8, 4) is 11.3 Å². The Labute approximate surface area is 166 Å². The second-order valence-corrected chi connectivity index (χ2v) is 6.19. The van der Waals surface area contributed by atoms with Crippen LogP contribution in [0.2, 0.25) is 0 Å². The van der Waals surface area contributed by atoms with E-state index in [0.29, 0.717) is 22.6 Å². The first-order valence-electron chi connectivity index (χ1n) is 8.69. The Hall–Kier alpha value is -4.07. The molecule has 0 saturated carbocycles. The average Bonchev–Trinajstić information content (AvgIpc) is 3.17. The van der Waals surface area contributed by atoms with Crippen LogP contribution in [-0.4, -0.2) is 22.8 Å². The third-order valence-electron chi connectivity index (χ3n) is 4.12. The molecule has 0 aliphatic heterocycles. The molecule has 0 saturated heterocycles. The van der Waals surface area contributed by atoms with E-state index in [2.05, 4.69) is 10.5 Å². The largest absolute Gasteiger partial charge is 0.455 e. The van der Waals surface area contributed by atoms with E-state index in [1.54, 1.807) is 48.5 Å². The zero-order valence-corrected chi connectivity index (χ0v) is 15.5. The van der Waals surface area contributed by atoms with Crippen molar-refractivity contribution in [2.45, 2.75) is 13.3 Å². The zero-order valence-electron chi connectivity index (χ0n) is 15.5. The lowest BCUT2D eigenvalue weighted by atomic mass is 10.1. The second kappa shape index (κ2) is 8.75. The number of carbonyl (C=O) groups excluding carboxylic acids is 2. The number of Topliss-reactive ketones (excluding diaryl/α,β-unsaturated/α-hetero) is 1. The minimum atomic E-state index is -0.529. The number of nitrogens with one attached hydrogen (secondary N) is 1. The van der Waals surface area contributed by atoms with Gasteiger partial charge < -0.3 is 4.42 Å². The molecule has 0 radical (unpaired) electrons. The molecule has 3 aromatic rings. The standard InChI is InChI=1S/C21H17N3O5/c1-14(25)15-6-8-16(9-7-15)20-11-10-18(29-20)13-22-23-21(26)12-17-4-2-3-5-19(17)24(27)28/h2-11,13H,12H2,1H3,(H,23,26)/b22-13+. The van der Waals surface area contributed by atoms with Crippen LogP contribution in [0.5, 0.6) is 0 Å². The SMILES string of the molecule is CC(=O)c1ccc(-c2ccc(/C=N/NC(=O)Cc3ccccc3[N+](=O)[O-])o2)cc1. The van der Waals surface area contributed by atoms with Crippen LogP contribution in [0, 0.1) is 10.1 Å². The first-order chi connectivity index (χ1) is 13.9. The highest BCUT2D eigenvalue weighted by atomic mass is 16.6. The Balaban J connectivity index is 1.61. The normalized spacial score (nSPS) is 10.8. The lowest BCUT2D eigenvalue weighted by Gasteiger charge is -2.01. The smallest absolute Gasteiger partial charge is 0.273 e. The van der Waals surface area contributed by atoms with Crippen LogP contribution in [0.25, 0.3) is 11.3 Å². The Kier molecular flexibility index (Phi) is 5.94. The molecular formula is C21H17N3O5. The van der Waals surface area contributed by atoms with Crippen LogP contribution in [0.4, 0.5) is 5.69 Å². The summed E-state index contributed by atoms with van der Waals surface area (Å²) < 4.78 is 5.65. The fourth-order valence-electron chi connectivity index (χ4n) is 2.67. The Bertz CT molecular complexity index is 1080. The molecule has 1 N–H and O–H groups in total. The number of furan rings is 1. The lowest BCUT2D eigenvalue weighted by Crippen LogP contribution is -2.20. The second-order valence-electron chi connectivity index (χ2n) is 6.19. The Morgan fingerprint density at radius 1 is 1.10 bits per heavy atom. The monoisotopic (exact) mass is 391 g/mol. The maximum Gasteiger partial charge on any atom is 0.273 e. The van der Waals surface area contributed by atoms with Crippen LogP contribution < -0.4 is 5.43 Å². The summed E-state index contributed by atoms with van der Waals surface area (Å²) in [6, 6.07) is 16.5. The van der Waals surface area contributed by atoms with Crippen molar-refractivity contribution in [3.05, 3.63) is 87.7 Å². The van der Waals surface area contributed by atoms with Crippen molar-refractivity contribution in [1.82, 2.24) is 5.43 Å². The van der Waals surface area contributed by atoms with Crippen molar-refractivity contribution in [2.75, 3.05) is 0 Å². The van der Waals surface area contributed by atoms with Gasteiger partial charge in [-0.3, -0.25) is 19.7 Å². The first-order valence-corrected chi connectivity index (χ1v) is 8.69. The molecule has 0 bridgehead atoms. The van der Waals surface area contributed by atoms with Crippen LogP contribution >= 0.6 is 0 Å². The van der Waals surface area contributed by atoms with Gasteiger partial charge in [0.15, 0.2) is 5.78 Å². The quantitative estimate of drug-likeness (QED) is 0.285. The van der Waals surface area contributed by atoms with Gasteiger partial charge >= 0.3 is 0 Å². The summed E-state index contributed by atoms with van der Waals surface area (Å²) >= 11 is 0. The predicted octanol–water partition coefficient (Wildman–Crippen LogP) is 3.75. The predicted molar refractivity (Wildman–Crippen MR) is 107 cm³/mol. The minimum Gasteiger partial charge on any atom is -0.455 e. The molecule has 0 atom stereocenters. The molecule has 1 heterocycles. The van der Waals surface area contributed by atoms with E-state index in [1.807, 2.05) is 0 Å². The van der Waals surface area contributed by atoms with Crippen LogP contribution in [-0.2, 0) is 11.2 Å². The number of nitro groups is 1. The summed E-state index contributed by atoms with van der Waals surface area (Å²) in [5, 5.41) is 14.8. The van der Waals surface area contributed by atoms with Crippen molar-refractivity contribution >= 4 is 23.6 Å². The molecule has 0 aliphatic carbocycles. The van der Waals surface area contributed by atoms with Gasteiger partial charge in [-0.15, -0.1) is 0 Å². The van der Waals surface area contributed by atoms with Gasteiger partial charge in [-0.05, 0) is 19.1 Å². The van der Waals surface area contributed by atoms with Crippen LogP contribution in [0.1, 0.15) is 28.6 Å². The van der Waals surface area contributed by atoms with E-state index < -0.39 is 10.8 Å². The molecule has 1 aromatic heterocycles. The lowest BCUT2D eigenvalue weighted by molar-refractivity contribution is -0.385. The number of hydrogen-bond donors (Lipinski definition) is 1. The summed E-state index contributed by atoms with van der Waals surface area (Å²) in [5.41, 5.74) is 3.93. The molecule has 1 amide bonds. The van der Waals surface area contributed by atoms with E-state index in [0.717, 1.165) is 5.56 Å². The summed E-state index contributed by atoms with van der Waals surface area (Å²) in [6.07, 6.45) is 1.17. The van der Waals surface area contributed by atoms with E-state index in [9.17, 15) is 19.7 Å². The molecular weight excluding hydrogens is 374 g/mol. The van der Waals surface area contributed by atoms with Gasteiger partial charge in [0.05, 0.1) is 17.6 Å². The molecule has 0 aliphatic rings. The number of amides is 1. The highest BCUT2D eigenvalue weighted by molar-refractivity contribution is 5.94. The Morgan fingerprint density at radius 2 is 1.83 bits per heavy atom. The molecule has 3 rings (SSSR count). The Morgan fingerprint density at radius 3 is 2.52 bits per heavy atom. The number of para-hydroxylation sites is 1. The number of nitro benzene ring substituents is 1. The van der Waals surface area contributed by atoms with Gasteiger partial charge in [0.2, 0.25) is 5.91 Å². The van der Waals surface area contributed by atoms with Gasteiger partial charge in [-0.1, -0.05) is 42.5 Å². The van der Waals surface area contributed by atoms with Gasteiger partial charge in [-0.2, -0.15) is 5.10 Å². The summed E-state index contributed by atoms with van der Waals surface area (Å²) in [4.78, 5) is 33.8. The van der Waals surface area contributed by atoms with E-state index >= 15 is 0 Å². The van der Waals surface area contributed by atoms with Gasteiger partial charge in [0.25, 0.3) is 5.69 Å². The van der Waals surface area contributed by atoms with E-state index in [-0.39, 0.29) is 17.9 Å². The van der Waals surface area contributed by atoms with Crippen LogP contribution in [0.3, 0.4) is 0 Å². The van der Waals surface area contributed by atoms with Crippen molar-refractivity contribution in [2.24, 2.45) is 5.10 Å². The van der Waals surface area contributed by atoms with E-state index in [1.165, 1.54) is 25.3 Å². The fraction of sp³-hybridized carbons (Fsp3) is 0.0952. The third-order valence-corrected chi connectivity index (χ3v) is 4.12. The first kappa shape index (κ1) is 19.7. The topological polar surface area (TPSA) is 115 Å². The van der Waals surface area contributed by atoms with Gasteiger partial charge in [0.1, 0.15) is 11.5 Å². The summed E-state index contributed by atoms with van der Waals surface area (Å²) in [5.74, 6) is 0.511. The maximum absolute atomic E-state index is 12.0. The third kappa shape index (κ3) is 5.01. The molecule has 8 nitrogen and oxygen atoms in total. The molecule has 8 heteroatoms. The van der Waals surface area contributed by atoms with Crippen molar-refractivity contribution in [3.63, 3.8) is 0 Å². The number of nitrogens with zero attached hydrogens (tertiary/aromatic N) is 2. The van der Waals surface area contributed by atoms with E-state index in [4.69, 9.17) is 4.42 Å². The zero-order chi connectivity index (χ0) is 20.8. The molecule has 0 spiro atoms. The summed E-state index contributed by atoms with van der Waals surface area (Å²) in [6.45, 7) is 1.50. The van der Waals surface area contributed by atoms with Gasteiger partial charge in [-0.25, -0.2) is 5.43 Å². The molecule has 0 fully saturated rings. The van der Waals surface area contributed by atoms with Crippen molar-refractivity contribution in [1.29, 1.82) is 0 Å². The molecule has 0 unspecified atom stereocenters. The number of hydrogen-bond acceptors (Lipinski definition) is 6. The van der Waals surface area contributed by atoms with Crippen molar-refractivity contribution < 1.29 is 18.9 Å². The number of carbonyl (C=O) groups is 2. The highest BCUT2D eigenvalue weighted by Gasteiger charge is 2.15. The van der Waals surface area contributed by atoms with Gasteiger partial charge in [0, 0.05) is 22.8 Å². The number of rotatable bonds is 7. The van der Waals surface area contributed by atoms with Crippen LogP contribution in [0.15, 0.2) is 70.2 Å². The maximum atomic E-state index is 12.0. The highest BCUT2D eigenvalue weighted by Crippen LogP contribution is 2.22. The number of ketones is 1. The average molecular weight is 391 g/mol. The molecule has 2 aromatic carbocycles. The number of benzene rings is 2. The summed E-state index contributed by atoms with van der Waals surface area (Å²) in [7, 11) is 0. The molecule has 29 heavy (non-hydrogen) atoms. The fourth-order valence-corrected chi connectivity index (χ4v) is 2.67. The number of hydrazone groups is 1. The minimum absolute atomic E-state index is 0.0135.